The van der Waals surface area contributed by atoms with Gasteiger partial charge in [0.05, 0.1) is 0 Å². The number of alkyl halides is 12. The number of hydrogen-bond donors (Lipinski definition) is 2. The zero-order valence-corrected chi connectivity index (χ0v) is 15.7. The first kappa shape index (κ1) is 30.7. The zero-order chi connectivity index (χ0) is 28.5. The highest BCUT2D eigenvalue weighted by Crippen LogP contribution is 2.60. The Balaban J connectivity index is 3.84. The van der Waals surface area contributed by atoms with Gasteiger partial charge in [-0.2, -0.15) is 43.9 Å². The van der Waals surface area contributed by atoms with E-state index in [0.717, 1.165) is 0 Å². The first-order chi connectivity index (χ1) is 15.1. The minimum Gasteiger partial charge on any atom is -0.354 e. The van der Waals surface area contributed by atoms with E-state index in [-0.39, 0.29) is 0 Å². The maximum absolute atomic E-state index is 14.5. The van der Waals surface area contributed by atoms with Crippen LogP contribution in [0.3, 0.4) is 0 Å². The average molecular weight is 556 g/mol. The van der Waals surface area contributed by atoms with E-state index in [0.29, 0.717) is 0 Å². The Morgan fingerprint density at radius 3 is 1.20 bits per heavy atom. The van der Waals surface area contributed by atoms with E-state index in [1.54, 1.807) is 0 Å². The monoisotopic (exact) mass is 556 g/mol. The molecule has 1 aromatic rings. The molecule has 0 aliphatic carbocycles. The Kier molecular flexibility index (Phi) is 7.06. The van der Waals surface area contributed by atoms with Crippen molar-refractivity contribution in [2.24, 2.45) is 0 Å². The van der Waals surface area contributed by atoms with Crippen LogP contribution in [0.4, 0.5) is 74.6 Å². The first-order valence-corrected chi connectivity index (χ1v) is 7.86. The summed E-state index contributed by atoms with van der Waals surface area (Å²) in [4.78, 5) is 11.7. The molecule has 0 aromatic heterocycles. The second-order valence-corrected chi connectivity index (χ2v) is 6.74. The summed E-state index contributed by atoms with van der Waals surface area (Å²) in [5, 5.41) is 18.0. The van der Waals surface area contributed by atoms with Gasteiger partial charge < -0.3 is 10.2 Å². The van der Waals surface area contributed by atoms with Crippen LogP contribution in [0.5, 0.6) is 0 Å². The summed E-state index contributed by atoms with van der Waals surface area (Å²) in [6.45, 7) is -1.42. The fourth-order valence-electron chi connectivity index (χ4n) is 2.28. The summed E-state index contributed by atoms with van der Waals surface area (Å²) in [5.41, 5.74) is -9.90. The molecule has 0 bridgehead atoms. The highest BCUT2D eigenvalue weighted by Gasteiger charge is 2.91. The number of rotatable bonds is 7. The van der Waals surface area contributed by atoms with Crippen molar-refractivity contribution < 1.29 is 89.6 Å². The number of ketones is 1. The lowest BCUT2D eigenvalue weighted by Crippen LogP contribution is -2.76. The third kappa shape index (κ3) is 3.78. The van der Waals surface area contributed by atoms with Gasteiger partial charge in [-0.3, -0.25) is 4.79 Å². The van der Waals surface area contributed by atoms with Crippen LogP contribution in [0.1, 0.15) is 17.3 Å². The van der Waals surface area contributed by atoms with Crippen molar-refractivity contribution in [2.45, 2.75) is 48.2 Å². The third-order valence-corrected chi connectivity index (χ3v) is 4.54. The van der Waals surface area contributed by atoms with Crippen LogP contribution in [0.2, 0.25) is 0 Å². The molecule has 3 atom stereocenters. The topological polar surface area (TPSA) is 57.5 Å². The smallest absolute Gasteiger partial charge is 0.354 e. The highest BCUT2D eigenvalue weighted by atomic mass is 19.4. The summed E-state index contributed by atoms with van der Waals surface area (Å²) in [5.74, 6) is -59.0. The van der Waals surface area contributed by atoms with Gasteiger partial charge in [-0.1, -0.05) is 0 Å². The number of aliphatic hydroxyl groups is 2. The lowest BCUT2D eigenvalue weighted by Gasteiger charge is -2.45. The van der Waals surface area contributed by atoms with Crippen molar-refractivity contribution in [1.29, 1.82) is 0 Å². The van der Waals surface area contributed by atoms with E-state index in [1.807, 2.05) is 0 Å². The Hall–Kier alpha value is -2.38. The normalized spacial score (nSPS) is 19.1. The molecule has 0 saturated heterocycles. The van der Waals surface area contributed by atoms with Crippen LogP contribution in [0.15, 0.2) is 0 Å². The molecule has 0 aliphatic heterocycles. The molecule has 0 heterocycles. The largest absolute Gasteiger partial charge is 0.460 e. The quantitative estimate of drug-likeness (QED) is 0.214. The van der Waals surface area contributed by atoms with Crippen LogP contribution < -0.4 is 0 Å². The van der Waals surface area contributed by atoms with Gasteiger partial charge in [-0.15, -0.1) is 0 Å². The van der Waals surface area contributed by atoms with Crippen molar-refractivity contribution in [2.75, 3.05) is 0 Å². The number of carbonyl (C=O) groups excluding carboxylic acids is 1. The van der Waals surface area contributed by atoms with Crippen molar-refractivity contribution in [1.82, 2.24) is 0 Å². The van der Waals surface area contributed by atoms with Gasteiger partial charge in [0.15, 0.2) is 23.3 Å². The van der Waals surface area contributed by atoms with Crippen molar-refractivity contribution in [3.8, 4) is 0 Å². The van der Waals surface area contributed by atoms with E-state index in [9.17, 15) is 79.4 Å². The van der Waals surface area contributed by atoms with E-state index < -0.39 is 88.7 Å². The molecule has 20 heteroatoms. The number of carbonyl (C=O) groups is 1. The van der Waals surface area contributed by atoms with Gasteiger partial charge in [-0.05, 0) is 6.92 Å². The molecule has 0 spiro atoms. The minimum absolute atomic E-state index is 1.42. The van der Waals surface area contributed by atoms with Crippen LogP contribution in [-0.2, 0) is 0 Å². The second kappa shape index (κ2) is 8.07. The van der Waals surface area contributed by atoms with Crippen LogP contribution in [0, 0.1) is 29.1 Å². The van der Waals surface area contributed by atoms with Gasteiger partial charge in [0, 0.05) is 0 Å². The molecule has 0 saturated carbocycles. The van der Waals surface area contributed by atoms with Gasteiger partial charge >= 0.3 is 35.7 Å². The molecule has 1 rings (SSSR count). The molecule has 2 N–H and O–H groups in total. The predicted octanol–water partition coefficient (Wildman–Crippen LogP) is 5.08. The Labute approximate surface area is 179 Å². The molecular formula is C15H5F17O3. The standard InChI is InChI=1S/C15H5F17O3/c1-9(21,14(29,35)12(25,26)11(23,24)13(27,28)15(30,31)32)10(22,34)8(33)2-3(16)5(18)7(20)6(19)4(2)17/h34-35H,1H3. The predicted molar refractivity (Wildman–Crippen MR) is 73.1 cm³/mol. The van der Waals surface area contributed by atoms with Gasteiger partial charge in [-0.25, -0.2) is 30.7 Å². The molecule has 202 valence electrons. The molecular weight excluding hydrogens is 551 g/mol. The summed E-state index contributed by atoms with van der Waals surface area (Å²) in [7, 11) is 0. The molecule has 0 amide bonds. The summed E-state index contributed by atoms with van der Waals surface area (Å²) >= 11 is 0. The summed E-state index contributed by atoms with van der Waals surface area (Å²) in [6, 6.07) is 0. The lowest BCUT2D eigenvalue weighted by molar-refractivity contribution is -0.450. The second-order valence-electron chi connectivity index (χ2n) is 6.74. The Morgan fingerprint density at radius 2 is 0.886 bits per heavy atom. The third-order valence-electron chi connectivity index (χ3n) is 4.54. The molecule has 1 aromatic carbocycles. The lowest BCUT2D eigenvalue weighted by atomic mass is 9.79. The van der Waals surface area contributed by atoms with Gasteiger partial charge in [0.1, 0.15) is 5.56 Å². The summed E-state index contributed by atoms with van der Waals surface area (Å²) < 4.78 is 226. The molecule has 3 nitrogen and oxygen atoms in total. The molecule has 0 fully saturated rings. The fourth-order valence-corrected chi connectivity index (χ4v) is 2.28. The number of hydrogen-bond acceptors (Lipinski definition) is 3. The van der Waals surface area contributed by atoms with Gasteiger partial charge in [0.2, 0.25) is 17.3 Å². The molecule has 3 unspecified atom stereocenters. The molecule has 35 heavy (non-hydrogen) atoms. The zero-order valence-electron chi connectivity index (χ0n) is 15.7. The molecule has 0 radical (unpaired) electrons. The van der Waals surface area contributed by atoms with Crippen molar-refractivity contribution in [3.63, 3.8) is 0 Å². The number of benzene rings is 1. The van der Waals surface area contributed by atoms with Gasteiger partial charge in [0.25, 0.3) is 0 Å². The van der Waals surface area contributed by atoms with E-state index in [4.69, 9.17) is 10.2 Å². The number of Topliss-reactive ketones (excluding diaryl/α,β-unsaturated/α-hetero) is 1. The molecule has 0 aliphatic rings. The highest BCUT2D eigenvalue weighted by molar-refractivity contribution is 6.02. The SMILES string of the molecule is CC(F)(C(O)(F)C(=O)c1c(F)c(F)c(F)c(F)c1F)C(O)(F)C(F)(F)C(F)(F)C(F)(F)C(F)(F)F. The average Bonchev–Trinajstić information content (AvgIpc) is 2.69. The first-order valence-electron chi connectivity index (χ1n) is 7.86. The van der Waals surface area contributed by atoms with Crippen LogP contribution in [-0.4, -0.2) is 57.3 Å². The fraction of sp³-hybridized carbons (Fsp3) is 0.533. The Morgan fingerprint density at radius 1 is 0.571 bits per heavy atom. The van der Waals surface area contributed by atoms with E-state index in [1.165, 1.54) is 0 Å². The maximum Gasteiger partial charge on any atom is 0.460 e. The van der Waals surface area contributed by atoms with E-state index in [2.05, 4.69) is 0 Å². The Bertz CT molecular complexity index is 996. The van der Waals surface area contributed by atoms with Crippen molar-refractivity contribution >= 4 is 5.78 Å². The minimum atomic E-state index is -8.25. The number of halogens is 17. The maximum atomic E-state index is 14.5. The van der Waals surface area contributed by atoms with Crippen molar-refractivity contribution in [3.05, 3.63) is 34.6 Å². The van der Waals surface area contributed by atoms with E-state index >= 15 is 0 Å². The van der Waals surface area contributed by atoms with Crippen LogP contribution >= 0.6 is 0 Å². The van der Waals surface area contributed by atoms with Crippen LogP contribution in [0.25, 0.3) is 0 Å². The summed E-state index contributed by atoms with van der Waals surface area (Å²) in [6.07, 6.45) is -7.69.